The molecule has 3 N–H and O–H groups in total. The summed E-state index contributed by atoms with van der Waals surface area (Å²) in [6.07, 6.45) is 1.58. The van der Waals surface area contributed by atoms with Crippen molar-refractivity contribution in [1.29, 1.82) is 0 Å². The summed E-state index contributed by atoms with van der Waals surface area (Å²) in [4.78, 5) is 0. The van der Waals surface area contributed by atoms with E-state index in [4.69, 9.17) is 10.6 Å². The lowest BCUT2D eigenvalue weighted by Crippen LogP contribution is -2.34. The van der Waals surface area contributed by atoms with Crippen LogP contribution in [0.15, 0.2) is 18.2 Å². The van der Waals surface area contributed by atoms with Gasteiger partial charge in [-0.25, -0.2) is 8.42 Å². The van der Waals surface area contributed by atoms with Crippen LogP contribution in [0.4, 0.5) is 0 Å². The van der Waals surface area contributed by atoms with Crippen LogP contribution in [0.2, 0.25) is 0 Å². The summed E-state index contributed by atoms with van der Waals surface area (Å²) >= 11 is 0. The maximum Gasteiger partial charge on any atom is 0.150 e. The maximum absolute atomic E-state index is 11.6. The van der Waals surface area contributed by atoms with Gasteiger partial charge in [-0.05, 0) is 29.5 Å². The summed E-state index contributed by atoms with van der Waals surface area (Å²) in [7, 11) is -2.89. The zero-order chi connectivity index (χ0) is 13.5. The van der Waals surface area contributed by atoms with Crippen molar-refractivity contribution in [1.82, 2.24) is 5.43 Å². The van der Waals surface area contributed by atoms with Crippen molar-refractivity contribution in [3.05, 3.63) is 29.3 Å². The number of ether oxygens (including phenoxy) is 1. The Morgan fingerprint density at radius 3 is 2.95 bits per heavy atom. The molecule has 1 fully saturated rings. The minimum Gasteiger partial charge on any atom is -0.493 e. The molecule has 0 bridgehead atoms. The molecule has 19 heavy (non-hydrogen) atoms. The Morgan fingerprint density at radius 2 is 2.26 bits per heavy atom. The Hall–Kier alpha value is -1.11. The molecule has 0 spiro atoms. The number of benzene rings is 1. The summed E-state index contributed by atoms with van der Waals surface area (Å²) in [6, 6.07) is 5.89. The molecule has 1 aromatic carbocycles. The molecule has 0 radical (unpaired) electrons. The zero-order valence-electron chi connectivity index (χ0n) is 10.6. The Labute approximate surface area is 113 Å². The third-order valence-electron chi connectivity index (χ3n) is 3.99. The Kier molecular flexibility index (Phi) is 3.24. The molecule has 0 saturated carbocycles. The molecular weight excluding hydrogens is 264 g/mol. The largest absolute Gasteiger partial charge is 0.493 e. The first-order valence-electron chi connectivity index (χ1n) is 6.51. The van der Waals surface area contributed by atoms with Gasteiger partial charge in [-0.1, -0.05) is 12.1 Å². The van der Waals surface area contributed by atoms with Gasteiger partial charge in [0, 0.05) is 12.5 Å². The molecule has 2 unspecified atom stereocenters. The van der Waals surface area contributed by atoms with Crippen LogP contribution in [0, 0.1) is 5.92 Å². The van der Waals surface area contributed by atoms with Gasteiger partial charge in [-0.15, -0.1) is 0 Å². The fourth-order valence-electron chi connectivity index (χ4n) is 2.99. The SMILES string of the molecule is NNC(c1ccc2c(c1)CCO2)C1CCS(=O)(=O)C1. The first-order chi connectivity index (χ1) is 9.09. The van der Waals surface area contributed by atoms with Gasteiger partial charge < -0.3 is 4.74 Å². The van der Waals surface area contributed by atoms with Crippen LogP contribution in [0.5, 0.6) is 5.75 Å². The van der Waals surface area contributed by atoms with E-state index in [0.717, 1.165) is 24.3 Å². The van der Waals surface area contributed by atoms with Gasteiger partial charge in [0.2, 0.25) is 0 Å². The lowest BCUT2D eigenvalue weighted by Gasteiger charge is -2.22. The van der Waals surface area contributed by atoms with Crippen molar-refractivity contribution >= 4 is 9.84 Å². The maximum atomic E-state index is 11.6. The van der Waals surface area contributed by atoms with Crippen LogP contribution in [-0.4, -0.2) is 26.5 Å². The van der Waals surface area contributed by atoms with Gasteiger partial charge in [0.05, 0.1) is 18.1 Å². The van der Waals surface area contributed by atoms with Crippen LogP contribution in [-0.2, 0) is 16.3 Å². The second kappa shape index (κ2) is 4.77. The molecule has 2 aliphatic rings. The quantitative estimate of drug-likeness (QED) is 0.625. The van der Waals surface area contributed by atoms with E-state index in [9.17, 15) is 8.42 Å². The molecule has 0 amide bonds. The lowest BCUT2D eigenvalue weighted by atomic mass is 9.92. The minimum absolute atomic E-state index is 0.0513. The molecule has 6 heteroatoms. The third kappa shape index (κ3) is 2.48. The summed E-state index contributed by atoms with van der Waals surface area (Å²) in [6.45, 7) is 0.720. The normalized spacial score (nSPS) is 25.8. The van der Waals surface area contributed by atoms with Crippen molar-refractivity contribution < 1.29 is 13.2 Å². The highest BCUT2D eigenvalue weighted by atomic mass is 32.2. The monoisotopic (exact) mass is 282 g/mol. The van der Waals surface area contributed by atoms with Crippen molar-refractivity contribution in [3.63, 3.8) is 0 Å². The molecule has 3 rings (SSSR count). The average molecular weight is 282 g/mol. The minimum atomic E-state index is -2.89. The van der Waals surface area contributed by atoms with Gasteiger partial charge in [-0.3, -0.25) is 11.3 Å². The van der Waals surface area contributed by atoms with E-state index < -0.39 is 9.84 Å². The molecule has 2 heterocycles. The summed E-state index contributed by atoms with van der Waals surface area (Å²) in [5, 5.41) is 0. The Balaban J connectivity index is 1.86. The van der Waals surface area contributed by atoms with E-state index in [0.29, 0.717) is 6.42 Å². The predicted octanol–water partition coefficient (Wildman–Crippen LogP) is 0.561. The standard InChI is InChI=1S/C13H18N2O3S/c14-15-13(11-4-6-19(16,17)8-11)10-1-2-12-9(7-10)3-5-18-12/h1-2,7,11,13,15H,3-6,8,14H2. The van der Waals surface area contributed by atoms with E-state index in [-0.39, 0.29) is 23.5 Å². The highest BCUT2D eigenvalue weighted by molar-refractivity contribution is 7.91. The summed E-state index contributed by atoms with van der Waals surface area (Å²) in [5.41, 5.74) is 5.01. The topological polar surface area (TPSA) is 81.4 Å². The first-order valence-corrected chi connectivity index (χ1v) is 8.33. The van der Waals surface area contributed by atoms with Crippen LogP contribution < -0.4 is 16.0 Å². The number of sulfone groups is 1. The van der Waals surface area contributed by atoms with Crippen LogP contribution >= 0.6 is 0 Å². The van der Waals surface area contributed by atoms with Gasteiger partial charge in [0.1, 0.15) is 5.75 Å². The third-order valence-corrected chi connectivity index (χ3v) is 5.78. The Morgan fingerprint density at radius 1 is 1.42 bits per heavy atom. The average Bonchev–Trinajstić information content (AvgIpc) is 2.96. The number of hydrogen-bond acceptors (Lipinski definition) is 5. The molecule has 104 valence electrons. The second-order valence-electron chi connectivity index (χ2n) is 5.27. The molecular formula is C13H18N2O3S. The molecule has 5 nitrogen and oxygen atoms in total. The van der Waals surface area contributed by atoms with Crippen LogP contribution in [0.3, 0.4) is 0 Å². The fourth-order valence-corrected chi connectivity index (χ4v) is 4.83. The van der Waals surface area contributed by atoms with E-state index in [1.54, 1.807) is 0 Å². The van der Waals surface area contributed by atoms with E-state index in [1.807, 2.05) is 12.1 Å². The van der Waals surface area contributed by atoms with E-state index in [2.05, 4.69) is 11.5 Å². The Bertz CT molecular complexity index is 586. The number of hydrazine groups is 1. The lowest BCUT2D eigenvalue weighted by molar-refractivity contribution is 0.356. The number of hydrogen-bond donors (Lipinski definition) is 2. The van der Waals surface area contributed by atoms with Gasteiger partial charge in [-0.2, -0.15) is 0 Å². The molecule has 0 aromatic heterocycles. The fraction of sp³-hybridized carbons (Fsp3) is 0.538. The van der Waals surface area contributed by atoms with E-state index in [1.165, 1.54) is 5.56 Å². The first kappa shape index (κ1) is 12.9. The smallest absolute Gasteiger partial charge is 0.150 e. The van der Waals surface area contributed by atoms with Crippen LogP contribution in [0.25, 0.3) is 0 Å². The van der Waals surface area contributed by atoms with E-state index >= 15 is 0 Å². The van der Waals surface area contributed by atoms with Crippen molar-refractivity contribution in [2.45, 2.75) is 18.9 Å². The molecule has 2 aliphatic heterocycles. The van der Waals surface area contributed by atoms with Crippen molar-refractivity contribution in [2.75, 3.05) is 18.1 Å². The number of rotatable bonds is 3. The molecule has 0 aliphatic carbocycles. The highest BCUT2D eigenvalue weighted by Gasteiger charge is 2.34. The second-order valence-corrected chi connectivity index (χ2v) is 7.50. The molecule has 2 atom stereocenters. The van der Waals surface area contributed by atoms with Crippen molar-refractivity contribution in [2.24, 2.45) is 11.8 Å². The highest BCUT2D eigenvalue weighted by Crippen LogP contribution is 2.34. The number of nitrogens with two attached hydrogens (primary N) is 1. The summed E-state index contributed by atoms with van der Waals surface area (Å²) < 4.78 is 28.7. The van der Waals surface area contributed by atoms with Gasteiger partial charge >= 0.3 is 0 Å². The van der Waals surface area contributed by atoms with Crippen LogP contribution in [0.1, 0.15) is 23.6 Å². The van der Waals surface area contributed by atoms with Gasteiger partial charge in [0.25, 0.3) is 0 Å². The van der Waals surface area contributed by atoms with Gasteiger partial charge in [0.15, 0.2) is 9.84 Å². The van der Waals surface area contributed by atoms with Crippen molar-refractivity contribution in [3.8, 4) is 5.75 Å². The molecule has 1 saturated heterocycles. The number of nitrogens with one attached hydrogen (secondary N) is 1. The summed E-state index contributed by atoms with van der Waals surface area (Å²) in [5.74, 6) is 7.11. The number of fused-ring (bicyclic) bond motifs is 1. The predicted molar refractivity (Wildman–Crippen MR) is 72.5 cm³/mol. The molecule has 1 aromatic rings. The zero-order valence-corrected chi connectivity index (χ0v) is 11.4.